The van der Waals surface area contributed by atoms with E-state index in [9.17, 15) is 8.42 Å². The first-order chi connectivity index (χ1) is 9.90. The van der Waals surface area contributed by atoms with Gasteiger partial charge in [-0.15, -0.1) is 0 Å². The number of nitrogens with one attached hydrogen (secondary N) is 1. The van der Waals surface area contributed by atoms with Gasteiger partial charge in [0.15, 0.2) is 11.5 Å². The summed E-state index contributed by atoms with van der Waals surface area (Å²) in [5.74, 6) is 1.46. The third-order valence-electron chi connectivity index (χ3n) is 3.41. The molecule has 1 aliphatic rings. The van der Waals surface area contributed by atoms with Crippen molar-refractivity contribution in [2.45, 2.75) is 26.3 Å². The first-order valence-electron chi connectivity index (χ1n) is 7.01. The van der Waals surface area contributed by atoms with Crippen molar-refractivity contribution in [2.24, 2.45) is 0 Å². The molecule has 0 radical (unpaired) electrons. The standard InChI is InChI=1S/C14H22N2O4S/c1-11(2)16(3)21(17,18)15-7-6-12-4-5-13-14(10-12)20-9-8-19-13/h4-5,10-11,15H,6-9H2,1-3H3. The molecule has 7 heteroatoms. The molecule has 118 valence electrons. The average molecular weight is 314 g/mol. The maximum atomic E-state index is 12.0. The molecule has 1 aromatic carbocycles. The van der Waals surface area contributed by atoms with Gasteiger partial charge in [0, 0.05) is 19.6 Å². The highest BCUT2D eigenvalue weighted by Crippen LogP contribution is 2.30. The van der Waals surface area contributed by atoms with E-state index in [1.807, 2.05) is 32.0 Å². The molecular formula is C14H22N2O4S. The van der Waals surface area contributed by atoms with E-state index in [0.717, 1.165) is 17.1 Å². The molecule has 1 aliphatic heterocycles. The molecule has 0 amide bonds. The molecule has 1 heterocycles. The Morgan fingerprint density at radius 3 is 2.57 bits per heavy atom. The minimum absolute atomic E-state index is 0.0724. The van der Waals surface area contributed by atoms with E-state index in [0.29, 0.717) is 26.2 Å². The molecule has 0 saturated carbocycles. The van der Waals surface area contributed by atoms with Crippen LogP contribution >= 0.6 is 0 Å². The quantitative estimate of drug-likeness (QED) is 0.856. The maximum absolute atomic E-state index is 12.0. The number of fused-ring (bicyclic) bond motifs is 1. The summed E-state index contributed by atoms with van der Waals surface area (Å²) < 4.78 is 38.8. The zero-order valence-electron chi connectivity index (χ0n) is 12.6. The van der Waals surface area contributed by atoms with E-state index in [4.69, 9.17) is 9.47 Å². The Balaban J connectivity index is 1.92. The fourth-order valence-corrected chi connectivity index (χ4v) is 3.07. The van der Waals surface area contributed by atoms with Gasteiger partial charge in [0.25, 0.3) is 10.2 Å². The smallest absolute Gasteiger partial charge is 0.279 e. The van der Waals surface area contributed by atoms with Crippen LogP contribution in [0.15, 0.2) is 18.2 Å². The van der Waals surface area contributed by atoms with Gasteiger partial charge in [0.2, 0.25) is 0 Å². The second-order valence-corrected chi connectivity index (χ2v) is 7.05. The molecule has 0 aromatic heterocycles. The van der Waals surface area contributed by atoms with Gasteiger partial charge < -0.3 is 9.47 Å². The van der Waals surface area contributed by atoms with Gasteiger partial charge in [-0.3, -0.25) is 0 Å². The van der Waals surface area contributed by atoms with Gasteiger partial charge in [-0.1, -0.05) is 6.07 Å². The first kappa shape index (κ1) is 16.1. The Morgan fingerprint density at radius 1 is 1.24 bits per heavy atom. The van der Waals surface area contributed by atoms with Crippen LogP contribution in [-0.2, 0) is 16.6 Å². The normalized spacial score (nSPS) is 14.7. The van der Waals surface area contributed by atoms with Crippen molar-refractivity contribution in [3.8, 4) is 11.5 Å². The van der Waals surface area contributed by atoms with E-state index >= 15 is 0 Å². The van der Waals surface area contributed by atoms with Crippen LogP contribution in [0.1, 0.15) is 19.4 Å². The van der Waals surface area contributed by atoms with Crippen molar-refractivity contribution in [1.29, 1.82) is 0 Å². The van der Waals surface area contributed by atoms with Crippen LogP contribution in [0.4, 0.5) is 0 Å². The number of rotatable bonds is 6. The molecule has 6 nitrogen and oxygen atoms in total. The number of ether oxygens (including phenoxy) is 2. The Kier molecular flexibility index (Phi) is 5.08. The minimum Gasteiger partial charge on any atom is -0.486 e. The summed E-state index contributed by atoms with van der Waals surface area (Å²) in [5, 5.41) is 0. The number of benzene rings is 1. The van der Waals surface area contributed by atoms with Crippen LogP contribution in [0.3, 0.4) is 0 Å². The molecule has 0 saturated heterocycles. The highest BCUT2D eigenvalue weighted by molar-refractivity contribution is 7.87. The lowest BCUT2D eigenvalue weighted by Gasteiger charge is -2.21. The second kappa shape index (κ2) is 6.64. The molecule has 0 unspecified atom stereocenters. The van der Waals surface area contributed by atoms with E-state index in [2.05, 4.69) is 4.72 Å². The summed E-state index contributed by atoms with van der Waals surface area (Å²) in [6, 6.07) is 5.61. The predicted octanol–water partition coefficient (Wildman–Crippen LogP) is 1.17. The predicted molar refractivity (Wildman–Crippen MR) is 81.0 cm³/mol. The fraction of sp³-hybridized carbons (Fsp3) is 0.571. The monoisotopic (exact) mass is 314 g/mol. The third kappa shape index (κ3) is 4.09. The molecule has 0 fully saturated rings. The van der Waals surface area contributed by atoms with E-state index in [-0.39, 0.29) is 6.04 Å². The van der Waals surface area contributed by atoms with Crippen molar-refractivity contribution in [2.75, 3.05) is 26.8 Å². The molecular weight excluding hydrogens is 292 g/mol. The van der Waals surface area contributed by atoms with Gasteiger partial charge in [0.05, 0.1) is 0 Å². The topological polar surface area (TPSA) is 67.9 Å². The highest BCUT2D eigenvalue weighted by atomic mass is 32.2. The fourth-order valence-electron chi connectivity index (χ4n) is 1.95. The van der Waals surface area contributed by atoms with E-state index < -0.39 is 10.2 Å². The lowest BCUT2D eigenvalue weighted by atomic mass is 10.1. The lowest BCUT2D eigenvalue weighted by Crippen LogP contribution is -2.42. The Labute approximate surface area is 126 Å². The van der Waals surface area contributed by atoms with Crippen molar-refractivity contribution >= 4 is 10.2 Å². The summed E-state index contributed by atoms with van der Waals surface area (Å²) >= 11 is 0. The van der Waals surface area contributed by atoms with Gasteiger partial charge in [0.1, 0.15) is 13.2 Å². The molecule has 0 bridgehead atoms. The lowest BCUT2D eigenvalue weighted by molar-refractivity contribution is 0.171. The molecule has 0 aliphatic carbocycles. The van der Waals surface area contributed by atoms with Gasteiger partial charge in [-0.05, 0) is 38.0 Å². The van der Waals surface area contributed by atoms with Crippen LogP contribution in [0.2, 0.25) is 0 Å². The van der Waals surface area contributed by atoms with Crippen LogP contribution in [0.25, 0.3) is 0 Å². The third-order valence-corrected chi connectivity index (χ3v) is 5.16. The van der Waals surface area contributed by atoms with Crippen molar-refractivity contribution < 1.29 is 17.9 Å². The van der Waals surface area contributed by atoms with Crippen molar-refractivity contribution in [3.05, 3.63) is 23.8 Å². The zero-order chi connectivity index (χ0) is 15.5. The number of hydrogen-bond donors (Lipinski definition) is 1. The highest BCUT2D eigenvalue weighted by Gasteiger charge is 2.19. The van der Waals surface area contributed by atoms with E-state index in [1.165, 1.54) is 4.31 Å². The maximum Gasteiger partial charge on any atom is 0.279 e. The summed E-state index contributed by atoms with van der Waals surface area (Å²) in [6.45, 7) is 5.12. The average Bonchev–Trinajstić information content (AvgIpc) is 2.46. The first-order valence-corrected chi connectivity index (χ1v) is 8.45. The Morgan fingerprint density at radius 2 is 1.90 bits per heavy atom. The van der Waals surface area contributed by atoms with Crippen molar-refractivity contribution in [3.63, 3.8) is 0 Å². The van der Waals surface area contributed by atoms with Crippen molar-refractivity contribution in [1.82, 2.24) is 9.03 Å². The second-order valence-electron chi connectivity index (χ2n) is 5.24. The van der Waals surface area contributed by atoms with Crippen LogP contribution < -0.4 is 14.2 Å². The largest absolute Gasteiger partial charge is 0.486 e. The van der Waals surface area contributed by atoms with Gasteiger partial charge >= 0.3 is 0 Å². The summed E-state index contributed by atoms with van der Waals surface area (Å²) in [5.41, 5.74) is 1.01. The molecule has 0 atom stereocenters. The van der Waals surface area contributed by atoms with E-state index in [1.54, 1.807) is 7.05 Å². The summed E-state index contributed by atoms with van der Waals surface area (Å²) in [4.78, 5) is 0. The van der Waals surface area contributed by atoms with Gasteiger partial charge in [-0.2, -0.15) is 12.7 Å². The molecule has 1 N–H and O–H groups in total. The Hall–Kier alpha value is -1.31. The van der Waals surface area contributed by atoms with Crippen LogP contribution in [0.5, 0.6) is 11.5 Å². The summed E-state index contributed by atoms with van der Waals surface area (Å²) in [6.07, 6.45) is 0.599. The summed E-state index contributed by atoms with van der Waals surface area (Å²) in [7, 11) is -1.85. The minimum atomic E-state index is -3.42. The number of hydrogen-bond acceptors (Lipinski definition) is 4. The SMILES string of the molecule is CC(C)N(C)S(=O)(=O)NCCc1ccc2c(c1)OCCO2. The molecule has 21 heavy (non-hydrogen) atoms. The van der Waals surface area contributed by atoms with Gasteiger partial charge in [-0.25, -0.2) is 4.72 Å². The van der Waals surface area contributed by atoms with Crippen LogP contribution in [-0.4, -0.2) is 45.6 Å². The molecule has 2 rings (SSSR count). The molecule has 1 aromatic rings. The molecule has 0 spiro atoms. The zero-order valence-corrected chi connectivity index (χ0v) is 13.4. The number of nitrogens with zero attached hydrogens (tertiary/aromatic N) is 1. The Bertz CT molecular complexity index is 587. The van der Waals surface area contributed by atoms with Crippen LogP contribution in [0, 0.1) is 0 Å².